The standard InChI is InChI=1S/C19H19NO4/c21-18(22)15(11-13-7-3-1-4-8-13)16-17(20-16)19(23)24-12-14-9-5-2-6-10-14/h1-10,15-17,20H,11-12H2,(H,21,22). The van der Waals surface area contributed by atoms with Gasteiger partial charge in [0.25, 0.3) is 0 Å². The lowest BCUT2D eigenvalue weighted by Gasteiger charge is -2.11. The molecule has 0 amide bonds. The largest absolute Gasteiger partial charge is 0.481 e. The van der Waals surface area contributed by atoms with Crippen LogP contribution in [-0.4, -0.2) is 29.1 Å². The number of esters is 1. The van der Waals surface area contributed by atoms with Gasteiger partial charge in [0, 0.05) is 6.04 Å². The molecule has 2 aromatic rings. The van der Waals surface area contributed by atoms with Gasteiger partial charge in [-0.05, 0) is 17.5 Å². The number of carboxylic acids is 1. The molecule has 3 atom stereocenters. The zero-order valence-electron chi connectivity index (χ0n) is 13.1. The number of carbonyl (C=O) groups excluding carboxylic acids is 1. The normalized spacial score (nSPS) is 20.2. The monoisotopic (exact) mass is 325 g/mol. The third-order valence-electron chi connectivity index (χ3n) is 4.15. The summed E-state index contributed by atoms with van der Waals surface area (Å²) in [6, 6.07) is 17.9. The second-order valence-electron chi connectivity index (χ2n) is 5.90. The molecule has 1 aliphatic rings. The molecule has 1 heterocycles. The summed E-state index contributed by atoms with van der Waals surface area (Å²) in [5, 5.41) is 12.4. The van der Waals surface area contributed by atoms with E-state index < -0.39 is 23.9 Å². The summed E-state index contributed by atoms with van der Waals surface area (Å²) >= 11 is 0. The molecular weight excluding hydrogens is 306 g/mol. The SMILES string of the molecule is O=C(O)C(Cc1ccccc1)C1NC1C(=O)OCc1ccccc1. The highest BCUT2D eigenvalue weighted by Crippen LogP contribution is 2.26. The molecule has 2 aromatic carbocycles. The molecule has 0 spiro atoms. The first-order valence-electron chi connectivity index (χ1n) is 7.88. The Labute approximate surface area is 140 Å². The maximum absolute atomic E-state index is 12.1. The van der Waals surface area contributed by atoms with Gasteiger partial charge in [-0.15, -0.1) is 0 Å². The van der Waals surface area contributed by atoms with Crippen LogP contribution in [0, 0.1) is 5.92 Å². The number of nitrogens with one attached hydrogen (secondary N) is 1. The smallest absolute Gasteiger partial charge is 0.325 e. The first-order valence-corrected chi connectivity index (χ1v) is 7.88. The second-order valence-corrected chi connectivity index (χ2v) is 5.90. The Kier molecular flexibility index (Phi) is 4.91. The van der Waals surface area contributed by atoms with E-state index >= 15 is 0 Å². The lowest BCUT2D eigenvalue weighted by Crippen LogP contribution is -2.26. The van der Waals surface area contributed by atoms with Crippen molar-refractivity contribution in [2.75, 3.05) is 0 Å². The minimum atomic E-state index is -0.908. The van der Waals surface area contributed by atoms with Crippen LogP contribution in [0.1, 0.15) is 11.1 Å². The van der Waals surface area contributed by atoms with E-state index in [9.17, 15) is 14.7 Å². The van der Waals surface area contributed by atoms with Crippen LogP contribution in [0.25, 0.3) is 0 Å². The highest BCUT2D eigenvalue weighted by Gasteiger charge is 2.50. The molecule has 0 saturated carbocycles. The number of rotatable bonds is 7. The van der Waals surface area contributed by atoms with Gasteiger partial charge in [-0.25, -0.2) is 0 Å². The quantitative estimate of drug-likeness (QED) is 0.601. The van der Waals surface area contributed by atoms with Gasteiger partial charge in [-0.3, -0.25) is 14.9 Å². The average molecular weight is 325 g/mol. The van der Waals surface area contributed by atoms with E-state index in [-0.39, 0.29) is 12.6 Å². The van der Waals surface area contributed by atoms with E-state index in [2.05, 4.69) is 5.32 Å². The molecule has 1 saturated heterocycles. The molecule has 1 fully saturated rings. The summed E-state index contributed by atoms with van der Waals surface area (Å²) in [4.78, 5) is 23.6. The molecule has 5 nitrogen and oxygen atoms in total. The first kappa shape index (κ1) is 16.2. The number of carbonyl (C=O) groups is 2. The molecule has 124 valence electrons. The fraction of sp³-hybridized carbons (Fsp3) is 0.263. The van der Waals surface area contributed by atoms with Crippen molar-refractivity contribution in [1.29, 1.82) is 0 Å². The van der Waals surface area contributed by atoms with Crippen molar-refractivity contribution in [2.45, 2.75) is 25.1 Å². The third-order valence-corrected chi connectivity index (χ3v) is 4.15. The van der Waals surface area contributed by atoms with Crippen LogP contribution >= 0.6 is 0 Å². The Morgan fingerprint density at radius 1 is 1.00 bits per heavy atom. The molecule has 0 aliphatic carbocycles. The Bertz CT molecular complexity index is 702. The van der Waals surface area contributed by atoms with E-state index in [1.54, 1.807) is 0 Å². The van der Waals surface area contributed by atoms with Crippen LogP contribution in [0.3, 0.4) is 0 Å². The van der Waals surface area contributed by atoms with Crippen LogP contribution < -0.4 is 5.32 Å². The topological polar surface area (TPSA) is 85.5 Å². The molecule has 0 radical (unpaired) electrons. The van der Waals surface area contributed by atoms with E-state index in [4.69, 9.17) is 4.74 Å². The van der Waals surface area contributed by atoms with Gasteiger partial charge in [0.15, 0.2) is 0 Å². The molecule has 0 bridgehead atoms. The van der Waals surface area contributed by atoms with Gasteiger partial charge in [0.2, 0.25) is 0 Å². The fourth-order valence-corrected chi connectivity index (χ4v) is 2.77. The summed E-state index contributed by atoms with van der Waals surface area (Å²) in [6.45, 7) is 0.195. The van der Waals surface area contributed by atoms with Crippen LogP contribution in [0.15, 0.2) is 60.7 Å². The molecule has 0 aromatic heterocycles. The van der Waals surface area contributed by atoms with Gasteiger partial charge in [-0.1, -0.05) is 60.7 Å². The molecule has 1 aliphatic heterocycles. The number of carboxylic acid groups (broad SMARTS) is 1. The van der Waals surface area contributed by atoms with Crippen molar-refractivity contribution >= 4 is 11.9 Å². The van der Waals surface area contributed by atoms with Gasteiger partial charge >= 0.3 is 11.9 Å². The zero-order valence-corrected chi connectivity index (χ0v) is 13.1. The summed E-state index contributed by atoms with van der Waals surface area (Å²) in [6.07, 6.45) is 0.385. The highest BCUT2D eigenvalue weighted by molar-refractivity contribution is 5.83. The molecule has 24 heavy (non-hydrogen) atoms. The maximum atomic E-state index is 12.1. The van der Waals surface area contributed by atoms with Crippen LogP contribution in [0.5, 0.6) is 0 Å². The lowest BCUT2D eigenvalue weighted by molar-refractivity contribution is -0.144. The van der Waals surface area contributed by atoms with Gasteiger partial charge in [0.1, 0.15) is 12.6 Å². The maximum Gasteiger partial charge on any atom is 0.325 e. The number of ether oxygens (including phenoxy) is 1. The predicted octanol–water partition coefficient (Wildman–Crippen LogP) is 2.01. The van der Waals surface area contributed by atoms with E-state index in [1.807, 2.05) is 60.7 Å². The Morgan fingerprint density at radius 2 is 1.58 bits per heavy atom. The summed E-state index contributed by atoms with van der Waals surface area (Å²) in [5.74, 6) is -1.96. The van der Waals surface area contributed by atoms with Gasteiger partial charge in [0.05, 0.1) is 5.92 Å². The molecule has 5 heteroatoms. The average Bonchev–Trinajstić information content (AvgIpc) is 3.39. The molecule has 3 rings (SSSR count). The summed E-state index contributed by atoms with van der Waals surface area (Å²) < 4.78 is 5.27. The Morgan fingerprint density at radius 3 is 2.17 bits per heavy atom. The van der Waals surface area contributed by atoms with Crippen molar-refractivity contribution in [3.05, 3.63) is 71.8 Å². The minimum absolute atomic E-state index is 0.195. The van der Waals surface area contributed by atoms with E-state index in [0.29, 0.717) is 6.42 Å². The fourth-order valence-electron chi connectivity index (χ4n) is 2.77. The van der Waals surface area contributed by atoms with Gasteiger partial charge < -0.3 is 9.84 Å². The van der Waals surface area contributed by atoms with E-state index in [1.165, 1.54) is 0 Å². The number of benzene rings is 2. The molecule has 2 N–H and O–H groups in total. The summed E-state index contributed by atoms with van der Waals surface area (Å²) in [7, 11) is 0. The lowest BCUT2D eigenvalue weighted by atomic mass is 9.94. The molecular formula is C19H19NO4. The van der Waals surface area contributed by atoms with Crippen LogP contribution in [-0.2, 0) is 27.4 Å². The third kappa shape index (κ3) is 4.00. The summed E-state index contributed by atoms with van der Waals surface area (Å²) in [5.41, 5.74) is 1.84. The Hall–Kier alpha value is -2.66. The zero-order chi connectivity index (χ0) is 16.9. The molecule has 3 unspecified atom stereocenters. The first-order chi connectivity index (χ1) is 11.6. The minimum Gasteiger partial charge on any atom is -0.481 e. The van der Waals surface area contributed by atoms with Gasteiger partial charge in [-0.2, -0.15) is 0 Å². The van der Waals surface area contributed by atoms with Crippen molar-refractivity contribution in [2.24, 2.45) is 5.92 Å². The number of hydrogen-bond acceptors (Lipinski definition) is 4. The van der Waals surface area contributed by atoms with Crippen LogP contribution in [0.2, 0.25) is 0 Å². The number of hydrogen-bond donors (Lipinski definition) is 2. The highest BCUT2D eigenvalue weighted by atomic mass is 16.5. The Balaban J connectivity index is 1.55. The van der Waals surface area contributed by atoms with Crippen molar-refractivity contribution < 1.29 is 19.4 Å². The van der Waals surface area contributed by atoms with Crippen molar-refractivity contribution in [3.8, 4) is 0 Å². The second kappa shape index (κ2) is 7.27. The predicted molar refractivity (Wildman–Crippen MR) is 88.2 cm³/mol. The van der Waals surface area contributed by atoms with Crippen molar-refractivity contribution in [3.63, 3.8) is 0 Å². The number of aliphatic carboxylic acids is 1. The van der Waals surface area contributed by atoms with E-state index in [0.717, 1.165) is 11.1 Å². The van der Waals surface area contributed by atoms with Crippen molar-refractivity contribution in [1.82, 2.24) is 5.32 Å². The van der Waals surface area contributed by atoms with Crippen LogP contribution in [0.4, 0.5) is 0 Å².